The van der Waals surface area contributed by atoms with E-state index < -0.39 is 0 Å². The van der Waals surface area contributed by atoms with Crippen LogP contribution in [0.4, 0.5) is 11.5 Å². The lowest BCUT2D eigenvalue weighted by molar-refractivity contribution is 1.15. The first-order valence-electron chi connectivity index (χ1n) is 8.88. The molecule has 0 atom stereocenters. The molecular weight excluding hydrogens is 332 g/mol. The highest BCUT2D eigenvalue weighted by atomic mass is 15.0. The van der Waals surface area contributed by atoms with E-state index in [0.717, 1.165) is 33.7 Å². The minimum absolute atomic E-state index is 0.699. The lowest BCUT2D eigenvalue weighted by atomic mass is 10.1. The minimum Gasteiger partial charge on any atom is -0.339 e. The van der Waals surface area contributed by atoms with Crippen LogP contribution in [0.15, 0.2) is 67.0 Å². The Morgan fingerprint density at radius 2 is 1.63 bits per heavy atom. The van der Waals surface area contributed by atoms with Crippen molar-refractivity contribution in [3.63, 3.8) is 0 Å². The summed E-state index contributed by atoms with van der Waals surface area (Å²) in [5.41, 5.74) is 6.11. The molecular formula is C23H20N4. The van der Waals surface area contributed by atoms with E-state index in [1.165, 1.54) is 5.56 Å². The first kappa shape index (κ1) is 16.9. The van der Waals surface area contributed by atoms with E-state index >= 15 is 0 Å². The van der Waals surface area contributed by atoms with Gasteiger partial charge in [-0.15, -0.1) is 0 Å². The maximum atomic E-state index is 4.48. The second-order valence-electron chi connectivity index (χ2n) is 6.49. The molecule has 4 heteroatoms. The van der Waals surface area contributed by atoms with Crippen LogP contribution in [0.1, 0.15) is 22.4 Å². The monoisotopic (exact) mass is 352 g/mol. The van der Waals surface area contributed by atoms with Crippen molar-refractivity contribution in [2.75, 3.05) is 5.32 Å². The Labute approximate surface area is 158 Å². The zero-order chi connectivity index (χ0) is 18.6. The van der Waals surface area contributed by atoms with Crippen molar-refractivity contribution in [2.45, 2.75) is 13.8 Å². The molecule has 0 radical (unpaired) electrons. The van der Waals surface area contributed by atoms with E-state index in [0.29, 0.717) is 5.65 Å². The second kappa shape index (κ2) is 7.38. The van der Waals surface area contributed by atoms with Crippen molar-refractivity contribution >= 4 is 34.7 Å². The Balaban J connectivity index is 1.66. The molecule has 0 unspecified atom stereocenters. The average molecular weight is 352 g/mol. The number of aryl methyl sites for hydroxylation is 2. The number of hydrogen-bond donors (Lipinski definition) is 1. The van der Waals surface area contributed by atoms with Gasteiger partial charge in [-0.3, -0.25) is 0 Å². The highest BCUT2D eigenvalue weighted by molar-refractivity contribution is 5.88. The third-order valence-electron chi connectivity index (χ3n) is 4.42. The molecule has 0 saturated carbocycles. The molecule has 0 saturated heterocycles. The average Bonchev–Trinajstić information content (AvgIpc) is 2.69. The van der Waals surface area contributed by atoms with Crippen LogP contribution in [0.2, 0.25) is 0 Å². The van der Waals surface area contributed by atoms with Crippen LogP contribution in [0.3, 0.4) is 0 Å². The number of nitrogens with zero attached hydrogens (tertiary/aromatic N) is 3. The van der Waals surface area contributed by atoms with Gasteiger partial charge in [0, 0.05) is 11.4 Å². The molecule has 0 aliphatic rings. The summed E-state index contributed by atoms with van der Waals surface area (Å²) in [6, 6.07) is 20.6. The van der Waals surface area contributed by atoms with Gasteiger partial charge in [0.25, 0.3) is 0 Å². The summed E-state index contributed by atoms with van der Waals surface area (Å²) >= 11 is 0. The Bertz CT molecular complexity index is 1120. The Morgan fingerprint density at radius 3 is 2.48 bits per heavy atom. The Hall–Kier alpha value is -3.53. The van der Waals surface area contributed by atoms with E-state index in [9.17, 15) is 0 Å². The standard InChI is InChI=1S/C23H20N4/c1-16-8-10-19(12-11-18-6-4-3-5-7-18)14-21(16)27-23-20-13-9-17(2)26-22(20)24-15-25-23/h3-15H,1-2H3,(H,24,25,26,27). The molecule has 1 N–H and O–H groups in total. The van der Waals surface area contributed by atoms with Gasteiger partial charge in [-0.05, 0) is 48.7 Å². The molecule has 0 aliphatic heterocycles. The molecule has 4 aromatic rings. The van der Waals surface area contributed by atoms with Crippen LogP contribution < -0.4 is 5.32 Å². The van der Waals surface area contributed by atoms with Gasteiger partial charge in [-0.1, -0.05) is 54.6 Å². The smallest absolute Gasteiger partial charge is 0.164 e. The topological polar surface area (TPSA) is 50.7 Å². The van der Waals surface area contributed by atoms with Crippen LogP contribution >= 0.6 is 0 Å². The molecule has 0 aliphatic carbocycles. The van der Waals surface area contributed by atoms with Crippen LogP contribution in [-0.4, -0.2) is 15.0 Å². The fourth-order valence-corrected chi connectivity index (χ4v) is 2.90. The number of anilines is 2. The third-order valence-corrected chi connectivity index (χ3v) is 4.42. The lowest BCUT2D eigenvalue weighted by Crippen LogP contribution is -1.99. The van der Waals surface area contributed by atoms with Gasteiger partial charge in [-0.25, -0.2) is 15.0 Å². The fourth-order valence-electron chi connectivity index (χ4n) is 2.90. The first-order chi connectivity index (χ1) is 13.2. The summed E-state index contributed by atoms with van der Waals surface area (Å²) in [5.74, 6) is 0.764. The summed E-state index contributed by atoms with van der Waals surface area (Å²) in [6.07, 6.45) is 5.77. The summed E-state index contributed by atoms with van der Waals surface area (Å²) in [6.45, 7) is 4.04. The van der Waals surface area contributed by atoms with Gasteiger partial charge < -0.3 is 5.32 Å². The minimum atomic E-state index is 0.699. The molecule has 2 heterocycles. The van der Waals surface area contributed by atoms with Crippen LogP contribution in [0.5, 0.6) is 0 Å². The number of hydrogen-bond acceptors (Lipinski definition) is 4. The van der Waals surface area contributed by atoms with Gasteiger partial charge in [0.05, 0.1) is 5.39 Å². The molecule has 0 fully saturated rings. The summed E-state index contributed by atoms with van der Waals surface area (Å²) in [4.78, 5) is 13.2. The van der Waals surface area contributed by atoms with E-state index in [1.807, 2.05) is 37.3 Å². The Kier molecular flexibility index (Phi) is 4.62. The number of aromatic nitrogens is 3. The molecule has 2 aromatic heterocycles. The normalized spacial score (nSPS) is 11.2. The van der Waals surface area contributed by atoms with E-state index in [4.69, 9.17) is 0 Å². The van der Waals surface area contributed by atoms with Gasteiger partial charge >= 0.3 is 0 Å². The molecule has 2 aromatic carbocycles. The quantitative estimate of drug-likeness (QED) is 0.489. The van der Waals surface area contributed by atoms with Gasteiger partial charge in [0.15, 0.2) is 5.65 Å². The summed E-state index contributed by atoms with van der Waals surface area (Å²) in [5, 5.41) is 4.36. The zero-order valence-electron chi connectivity index (χ0n) is 15.3. The maximum Gasteiger partial charge on any atom is 0.164 e. The zero-order valence-corrected chi connectivity index (χ0v) is 15.3. The van der Waals surface area contributed by atoms with Gasteiger partial charge in [0.2, 0.25) is 0 Å². The van der Waals surface area contributed by atoms with Crippen molar-refractivity contribution < 1.29 is 0 Å². The van der Waals surface area contributed by atoms with Crippen molar-refractivity contribution in [1.82, 2.24) is 15.0 Å². The van der Waals surface area contributed by atoms with E-state index in [1.54, 1.807) is 6.33 Å². The predicted octanol–water partition coefficient (Wildman–Crippen LogP) is 5.56. The first-order valence-corrected chi connectivity index (χ1v) is 8.88. The number of nitrogens with one attached hydrogen (secondary N) is 1. The molecule has 0 spiro atoms. The van der Waals surface area contributed by atoms with Gasteiger partial charge in [-0.2, -0.15) is 0 Å². The largest absolute Gasteiger partial charge is 0.339 e. The highest BCUT2D eigenvalue weighted by Crippen LogP contribution is 2.26. The van der Waals surface area contributed by atoms with Crippen molar-refractivity contribution in [2.24, 2.45) is 0 Å². The molecule has 27 heavy (non-hydrogen) atoms. The van der Waals surface area contributed by atoms with E-state index in [2.05, 4.69) is 69.7 Å². The lowest BCUT2D eigenvalue weighted by Gasteiger charge is -2.11. The SMILES string of the molecule is Cc1ccc2c(Nc3cc(C=Cc4ccccc4)ccc3C)ncnc2n1. The van der Waals surface area contributed by atoms with E-state index in [-0.39, 0.29) is 0 Å². The number of benzene rings is 2. The molecule has 132 valence electrons. The van der Waals surface area contributed by atoms with Crippen LogP contribution in [-0.2, 0) is 0 Å². The number of rotatable bonds is 4. The fraction of sp³-hybridized carbons (Fsp3) is 0.0870. The molecule has 0 bridgehead atoms. The van der Waals surface area contributed by atoms with Crippen LogP contribution in [0, 0.1) is 13.8 Å². The maximum absolute atomic E-state index is 4.48. The third kappa shape index (κ3) is 3.85. The van der Waals surface area contributed by atoms with Crippen LogP contribution in [0.25, 0.3) is 23.2 Å². The van der Waals surface area contributed by atoms with Crippen molar-refractivity contribution in [3.05, 3.63) is 89.4 Å². The highest BCUT2D eigenvalue weighted by Gasteiger charge is 2.07. The predicted molar refractivity (Wildman–Crippen MR) is 112 cm³/mol. The Morgan fingerprint density at radius 1 is 0.815 bits per heavy atom. The number of fused-ring (bicyclic) bond motifs is 1. The van der Waals surface area contributed by atoms with Gasteiger partial charge in [0.1, 0.15) is 12.1 Å². The summed E-state index contributed by atoms with van der Waals surface area (Å²) in [7, 11) is 0. The van der Waals surface area contributed by atoms with Crippen molar-refractivity contribution in [1.29, 1.82) is 0 Å². The second-order valence-corrected chi connectivity index (χ2v) is 6.49. The number of pyridine rings is 1. The van der Waals surface area contributed by atoms with Crippen molar-refractivity contribution in [3.8, 4) is 0 Å². The molecule has 4 rings (SSSR count). The molecule has 4 nitrogen and oxygen atoms in total. The summed E-state index contributed by atoms with van der Waals surface area (Å²) < 4.78 is 0. The molecule has 0 amide bonds.